The molecule has 0 amide bonds. The zero-order valence-electron chi connectivity index (χ0n) is 14.4. The molecule has 1 nitrogen and oxygen atoms in total. The van der Waals surface area contributed by atoms with Gasteiger partial charge in [-0.25, -0.2) is 0 Å². The van der Waals surface area contributed by atoms with Crippen LogP contribution in [0.4, 0.5) is 0 Å². The molecule has 118 valence electrons. The molecule has 1 heteroatoms. The summed E-state index contributed by atoms with van der Waals surface area (Å²) in [6.07, 6.45) is 13.6. The van der Waals surface area contributed by atoms with E-state index in [0.717, 1.165) is 19.3 Å². The third-order valence-corrected chi connectivity index (χ3v) is 5.28. The lowest BCUT2D eigenvalue weighted by Gasteiger charge is -2.17. The van der Waals surface area contributed by atoms with Crippen molar-refractivity contribution in [2.45, 2.75) is 84.3 Å². The number of epoxide rings is 1. The van der Waals surface area contributed by atoms with E-state index in [2.05, 4.69) is 46.4 Å². The lowest BCUT2D eigenvalue weighted by atomic mass is 9.86. The highest BCUT2D eigenvalue weighted by molar-refractivity contribution is 5.10. The largest absolute Gasteiger partial charge is 0.366 e. The summed E-state index contributed by atoms with van der Waals surface area (Å²) in [4.78, 5) is 0. The van der Waals surface area contributed by atoms with E-state index >= 15 is 0 Å². The molecule has 0 spiro atoms. The molecule has 0 aromatic heterocycles. The number of ether oxygens (including phenoxy) is 1. The van der Waals surface area contributed by atoms with E-state index in [1.165, 1.54) is 42.4 Å². The van der Waals surface area contributed by atoms with Gasteiger partial charge in [0.05, 0.1) is 11.7 Å². The summed E-state index contributed by atoms with van der Waals surface area (Å²) in [7, 11) is 0. The molecule has 0 bridgehead atoms. The van der Waals surface area contributed by atoms with E-state index in [9.17, 15) is 0 Å². The van der Waals surface area contributed by atoms with Crippen LogP contribution < -0.4 is 0 Å². The molecule has 0 aromatic carbocycles. The summed E-state index contributed by atoms with van der Waals surface area (Å²) >= 11 is 0. The van der Waals surface area contributed by atoms with Crippen molar-refractivity contribution in [1.29, 1.82) is 0 Å². The number of hydrogen-bond donors (Lipinski definition) is 0. The van der Waals surface area contributed by atoms with E-state index in [1.807, 2.05) is 0 Å². The first-order chi connectivity index (χ1) is 9.90. The highest BCUT2D eigenvalue weighted by Crippen LogP contribution is 2.45. The van der Waals surface area contributed by atoms with Gasteiger partial charge in [0, 0.05) is 0 Å². The quantitative estimate of drug-likeness (QED) is 0.427. The molecular weight excluding hydrogens is 256 g/mol. The van der Waals surface area contributed by atoms with Crippen LogP contribution in [0.5, 0.6) is 0 Å². The molecule has 1 heterocycles. The van der Waals surface area contributed by atoms with Crippen LogP contribution in [0.25, 0.3) is 0 Å². The number of hydrogen-bond acceptors (Lipinski definition) is 1. The Kier molecular flexibility index (Phi) is 5.48. The molecule has 1 aliphatic carbocycles. The Hall–Kier alpha value is -0.820. The second-order valence-corrected chi connectivity index (χ2v) is 7.42. The fourth-order valence-corrected chi connectivity index (χ4v) is 3.39. The smallest absolute Gasteiger partial charge is 0.0923 e. The molecule has 0 unspecified atom stereocenters. The monoisotopic (exact) mass is 288 g/mol. The first-order valence-electron chi connectivity index (χ1n) is 8.55. The van der Waals surface area contributed by atoms with E-state index in [0.29, 0.717) is 12.0 Å². The Labute approximate surface area is 131 Å². The van der Waals surface area contributed by atoms with Crippen LogP contribution in [0.1, 0.15) is 72.6 Å². The van der Waals surface area contributed by atoms with Crippen LogP contribution in [0.3, 0.4) is 0 Å². The van der Waals surface area contributed by atoms with E-state index < -0.39 is 0 Å². The van der Waals surface area contributed by atoms with Crippen molar-refractivity contribution in [1.82, 2.24) is 0 Å². The van der Waals surface area contributed by atoms with Crippen molar-refractivity contribution in [3.63, 3.8) is 0 Å². The lowest BCUT2D eigenvalue weighted by Crippen LogP contribution is -2.14. The van der Waals surface area contributed by atoms with Crippen molar-refractivity contribution in [3.8, 4) is 0 Å². The van der Waals surface area contributed by atoms with Crippen LogP contribution in [0, 0.1) is 5.92 Å². The Balaban J connectivity index is 2.05. The van der Waals surface area contributed by atoms with Gasteiger partial charge in [0.1, 0.15) is 0 Å². The third-order valence-electron chi connectivity index (χ3n) is 5.28. The van der Waals surface area contributed by atoms with Crippen LogP contribution in [-0.4, -0.2) is 11.7 Å². The van der Waals surface area contributed by atoms with Crippen LogP contribution in [0.2, 0.25) is 0 Å². The van der Waals surface area contributed by atoms with Crippen molar-refractivity contribution < 1.29 is 4.74 Å². The minimum atomic E-state index is 0.124. The normalized spacial score (nSPS) is 37.5. The summed E-state index contributed by atoms with van der Waals surface area (Å²) in [5, 5.41) is 0. The lowest BCUT2D eigenvalue weighted by molar-refractivity contribution is 0.289. The Morgan fingerprint density at radius 3 is 2.57 bits per heavy atom. The Bertz CT molecular complexity index is 443. The van der Waals surface area contributed by atoms with Crippen LogP contribution in [0.15, 0.2) is 35.5 Å². The van der Waals surface area contributed by atoms with Crippen LogP contribution >= 0.6 is 0 Å². The maximum absolute atomic E-state index is 6.04. The Morgan fingerprint density at radius 1 is 1.19 bits per heavy atom. The van der Waals surface area contributed by atoms with Gasteiger partial charge in [-0.15, -0.1) is 0 Å². The summed E-state index contributed by atoms with van der Waals surface area (Å²) in [5.41, 5.74) is 4.50. The highest BCUT2D eigenvalue weighted by atomic mass is 16.6. The van der Waals surface area contributed by atoms with Crippen LogP contribution in [-0.2, 0) is 4.74 Å². The first kappa shape index (κ1) is 16.5. The topological polar surface area (TPSA) is 12.5 Å². The molecule has 2 rings (SSSR count). The van der Waals surface area contributed by atoms with E-state index in [1.54, 1.807) is 0 Å². The van der Waals surface area contributed by atoms with Gasteiger partial charge < -0.3 is 4.74 Å². The second-order valence-electron chi connectivity index (χ2n) is 7.42. The zero-order chi connectivity index (χ0) is 15.5. The van der Waals surface area contributed by atoms with E-state index in [4.69, 9.17) is 4.74 Å². The zero-order valence-corrected chi connectivity index (χ0v) is 14.4. The van der Waals surface area contributed by atoms with Gasteiger partial charge in [-0.1, -0.05) is 35.5 Å². The fourth-order valence-electron chi connectivity index (χ4n) is 3.39. The second kappa shape index (κ2) is 6.96. The predicted molar refractivity (Wildman–Crippen MR) is 91.4 cm³/mol. The number of allylic oxidation sites excluding steroid dienone is 5. The average molecular weight is 288 g/mol. The SMILES string of the molecule is C=C(C)[C@@H]1CCC(C)=CCC/C(C)=C/CC[C@]2(C)O[C@H]2C1. The predicted octanol–water partition coefficient (Wildman–Crippen LogP) is 5.97. The van der Waals surface area contributed by atoms with Gasteiger partial charge in [-0.3, -0.25) is 0 Å². The summed E-state index contributed by atoms with van der Waals surface area (Å²) in [6, 6.07) is 0. The van der Waals surface area contributed by atoms with Gasteiger partial charge in [0.15, 0.2) is 0 Å². The van der Waals surface area contributed by atoms with Crippen molar-refractivity contribution in [3.05, 3.63) is 35.5 Å². The average Bonchev–Trinajstić information content (AvgIpc) is 3.03. The number of fused-ring (bicyclic) bond motifs is 1. The standard InChI is InChI=1S/C20H32O/c1-15(2)18-12-11-17(4)9-6-8-16(3)10-7-13-20(5)19(14-18)21-20/h9-10,18-19H,1,6-8,11-14H2,2-5H3/b16-10+,17-9?/t18-,19+,20+/m1/s1. The minimum Gasteiger partial charge on any atom is -0.366 e. The fraction of sp³-hybridized carbons (Fsp3) is 0.700. The van der Waals surface area contributed by atoms with Gasteiger partial charge in [-0.05, 0) is 78.6 Å². The molecule has 1 fully saturated rings. The molecule has 2 aliphatic rings. The molecule has 0 N–H and O–H groups in total. The van der Waals surface area contributed by atoms with Crippen molar-refractivity contribution >= 4 is 0 Å². The highest BCUT2D eigenvalue weighted by Gasteiger charge is 2.51. The molecule has 0 saturated carbocycles. The maximum atomic E-state index is 6.04. The molecule has 1 aliphatic heterocycles. The van der Waals surface area contributed by atoms with E-state index in [-0.39, 0.29) is 5.60 Å². The Morgan fingerprint density at radius 2 is 1.86 bits per heavy atom. The van der Waals surface area contributed by atoms with Crippen molar-refractivity contribution in [2.75, 3.05) is 0 Å². The molecule has 21 heavy (non-hydrogen) atoms. The third kappa shape index (κ3) is 4.85. The molecule has 1 saturated heterocycles. The summed E-state index contributed by atoms with van der Waals surface area (Å²) in [5.74, 6) is 0.611. The molecular formula is C20H32O. The van der Waals surface area contributed by atoms with Gasteiger partial charge in [0.2, 0.25) is 0 Å². The summed E-state index contributed by atoms with van der Waals surface area (Å²) in [6.45, 7) is 13.2. The first-order valence-corrected chi connectivity index (χ1v) is 8.55. The minimum absolute atomic E-state index is 0.124. The summed E-state index contributed by atoms with van der Waals surface area (Å²) < 4.78 is 6.04. The van der Waals surface area contributed by atoms with Gasteiger partial charge in [-0.2, -0.15) is 0 Å². The molecule has 0 radical (unpaired) electrons. The maximum Gasteiger partial charge on any atom is 0.0923 e. The van der Waals surface area contributed by atoms with Gasteiger partial charge >= 0.3 is 0 Å². The molecule has 0 aromatic rings. The number of rotatable bonds is 1. The molecule has 3 atom stereocenters. The van der Waals surface area contributed by atoms with Crippen molar-refractivity contribution in [2.24, 2.45) is 5.92 Å². The van der Waals surface area contributed by atoms with Gasteiger partial charge in [0.25, 0.3) is 0 Å².